The molecule has 1 fully saturated rings. The van der Waals surface area contributed by atoms with Gasteiger partial charge in [-0.3, -0.25) is 9.48 Å². The Hall–Kier alpha value is -2.34. The Bertz CT molecular complexity index is 762. The second kappa shape index (κ2) is 7.50. The first-order valence-corrected chi connectivity index (χ1v) is 9.44. The first kappa shape index (κ1) is 17.1. The summed E-state index contributed by atoms with van der Waals surface area (Å²) in [5.74, 6) is 1.07. The lowest BCUT2D eigenvalue weighted by atomic mass is 10.0. The Kier molecular flexibility index (Phi) is 4.93. The third-order valence-electron chi connectivity index (χ3n) is 5.37. The van der Waals surface area contributed by atoms with Gasteiger partial charge in [0, 0.05) is 32.5 Å². The lowest BCUT2D eigenvalue weighted by molar-refractivity contribution is -0.132. The Morgan fingerprint density at radius 1 is 1.35 bits per heavy atom. The SMILES string of the molecule is COc1cccc([C@H]2CCCN2C(=O)CCc2cc3n(n2)CCNC3)c1. The van der Waals surface area contributed by atoms with Crippen LogP contribution in [0.3, 0.4) is 0 Å². The summed E-state index contributed by atoms with van der Waals surface area (Å²) in [5.41, 5.74) is 3.40. The lowest BCUT2D eigenvalue weighted by Gasteiger charge is -2.25. The van der Waals surface area contributed by atoms with Gasteiger partial charge in [0.1, 0.15) is 5.75 Å². The van der Waals surface area contributed by atoms with Gasteiger partial charge in [-0.25, -0.2) is 0 Å². The van der Waals surface area contributed by atoms with Crippen molar-refractivity contribution in [1.29, 1.82) is 0 Å². The van der Waals surface area contributed by atoms with Crippen LogP contribution in [0.1, 0.15) is 42.3 Å². The number of benzene rings is 1. The van der Waals surface area contributed by atoms with Gasteiger partial charge in [0.15, 0.2) is 0 Å². The topological polar surface area (TPSA) is 59.4 Å². The van der Waals surface area contributed by atoms with Crippen LogP contribution in [-0.2, 0) is 24.3 Å². The number of fused-ring (bicyclic) bond motifs is 1. The molecule has 1 saturated heterocycles. The average Bonchev–Trinajstić information content (AvgIpc) is 3.32. The Labute approximate surface area is 154 Å². The standard InChI is InChI=1S/C20H26N4O2/c1-26-18-5-2-4-15(12-18)19-6-3-10-23(19)20(25)8-7-16-13-17-14-21-9-11-24(17)22-16/h2,4-5,12-13,19,21H,3,6-11,14H2,1H3/t19-/m1/s1. The van der Waals surface area contributed by atoms with E-state index in [2.05, 4.69) is 27.2 Å². The minimum absolute atomic E-state index is 0.164. The van der Waals surface area contributed by atoms with Crippen molar-refractivity contribution in [1.82, 2.24) is 20.0 Å². The molecule has 1 amide bonds. The van der Waals surface area contributed by atoms with Gasteiger partial charge in [0.2, 0.25) is 5.91 Å². The van der Waals surface area contributed by atoms with Crippen molar-refractivity contribution in [3.8, 4) is 5.75 Å². The molecule has 0 unspecified atom stereocenters. The van der Waals surface area contributed by atoms with Crippen LogP contribution >= 0.6 is 0 Å². The number of ether oxygens (including phenoxy) is 1. The fourth-order valence-corrected chi connectivity index (χ4v) is 4.01. The predicted octanol–water partition coefficient (Wildman–Crippen LogP) is 2.29. The van der Waals surface area contributed by atoms with Crippen molar-refractivity contribution < 1.29 is 9.53 Å². The number of carbonyl (C=O) groups excluding carboxylic acids is 1. The van der Waals surface area contributed by atoms with Crippen LogP contribution in [0.2, 0.25) is 0 Å². The van der Waals surface area contributed by atoms with E-state index in [0.29, 0.717) is 12.8 Å². The van der Waals surface area contributed by atoms with Gasteiger partial charge in [-0.2, -0.15) is 5.10 Å². The highest BCUT2D eigenvalue weighted by atomic mass is 16.5. The molecule has 3 heterocycles. The largest absolute Gasteiger partial charge is 0.497 e. The van der Waals surface area contributed by atoms with Crippen molar-refractivity contribution in [2.24, 2.45) is 0 Å². The maximum atomic E-state index is 12.8. The molecule has 0 bridgehead atoms. The monoisotopic (exact) mass is 354 g/mol. The number of amides is 1. The minimum atomic E-state index is 0.164. The highest BCUT2D eigenvalue weighted by molar-refractivity contribution is 5.77. The highest BCUT2D eigenvalue weighted by Gasteiger charge is 2.30. The van der Waals surface area contributed by atoms with E-state index in [1.54, 1.807) is 7.11 Å². The summed E-state index contributed by atoms with van der Waals surface area (Å²) in [6, 6.07) is 10.4. The number of nitrogens with zero attached hydrogens (tertiary/aromatic N) is 3. The van der Waals surface area contributed by atoms with Crippen molar-refractivity contribution >= 4 is 5.91 Å². The van der Waals surface area contributed by atoms with Gasteiger partial charge >= 0.3 is 0 Å². The second-order valence-corrected chi connectivity index (χ2v) is 7.05. The molecule has 2 aliphatic heterocycles. The van der Waals surface area contributed by atoms with E-state index in [4.69, 9.17) is 4.74 Å². The van der Waals surface area contributed by atoms with E-state index in [1.807, 2.05) is 23.1 Å². The van der Waals surface area contributed by atoms with Crippen LogP contribution in [-0.4, -0.2) is 40.8 Å². The first-order chi connectivity index (χ1) is 12.7. The summed E-state index contributed by atoms with van der Waals surface area (Å²) < 4.78 is 7.40. The van der Waals surface area contributed by atoms with Crippen molar-refractivity contribution in [2.45, 2.75) is 44.8 Å². The fourth-order valence-electron chi connectivity index (χ4n) is 4.01. The quantitative estimate of drug-likeness (QED) is 0.895. The number of aromatic nitrogens is 2. The zero-order valence-corrected chi connectivity index (χ0v) is 15.3. The van der Waals surface area contributed by atoms with Gasteiger partial charge in [-0.1, -0.05) is 12.1 Å². The number of carbonyl (C=O) groups is 1. The molecule has 0 spiro atoms. The Balaban J connectivity index is 1.41. The maximum absolute atomic E-state index is 12.8. The summed E-state index contributed by atoms with van der Waals surface area (Å²) in [7, 11) is 1.68. The molecular weight excluding hydrogens is 328 g/mol. The molecule has 1 aromatic heterocycles. The Morgan fingerprint density at radius 2 is 2.27 bits per heavy atom. The van der Waals surface area contributed by atoms with E-state index < -0.39 is 0 Å². The summed E-state index contributed by atoms with van der Waals surface area (Å²) in [5, 5.41) is 7.99. The van der Waals surface area contributed by atoms with E-state index in [1.165, 1.54) is 11.3 Å². The highest BCUT2D eigenvalue weighted by Crippen LogP contribution is 2.34. The molecule has 138 valence electrons. The van der Waals surface area contributed by atoms with Crippen molar-refractivity contribution in [3.63, 3.8) is 0 Å². The molecule has 0 aliphatic carbocycles. The van der Waals surface area contributed by atoms with Gasteiger partial charge < -0.3 is 15.0 Å². The van der Waals surface area contributed by atoms with E-state index in [-0.39, 0.29) is 11.9 Å². The zero-order valence-electron chi connectivity index (χ0n) is 15.3. The third-order valence-corrected chi connectivity index (χ3v) is 5.37. The molecular formula is C20H26N4O2. The van der Waals surface area contributed by atoms with Crippen LogP contribution < -0.4 is 10.1 Å². The molecule has 2 aliphatic rings. The number of likely N-dealkylation sites (tertiary alicyclic amines) is 1. The number of hydrogen-bond donors (Lipinski definition) is 1. The molecule has 0 saturated carbocycles. The molecule has 1 atom stereocenters. The molecule has 0 radical (unpaired) electrons. The molecule has 4 rings (SSSR count). The molecule has 1 aromatic carbocycles. The van der Waals surface area contributed by atoms with Gasteiger partial charge in [-0.15, -0.1) is 0 Å². The predicted molar refractivity (Wildman–Crippen MR) is 98.9 cm³/mol. The minimum Gasteiger partial charge on any atom is -0.497 e. The number of hydrogen-bond acceptors (Lipinski definition) is 4. The number of aryl methyl sites for hydroxylation is 1. The number of rotatable bonds is 5. The molecule has 6 heteroatoms. The average molecular weight is 354 g/mol. The van der Waals surface area contributed by atoms with Crippen molar-refractivity contribution in [3.05, 3.63) is 47.3 Å². The lowest BCUT2D eigenvalue weighted by Crippen LogP contribution is -2.30. The number of methoxy groups -OCH3 is 1. The molecule has 26 heavy (non-hydrogen) atoms. The maximum Gasteiger partial charge on any atom is 0.223 e. The smallest absolute Gasteiger partial charge is 0.223 e. The third kappa shape index (κ3) is 3.46. The first-order valence-electron chi connectivity index (χ1n) is 9.44. The summed E-state index contributed by atoms with van der Waals surface area (Å²) in [6.07, 6.45) is 3.30. The second-order valence-electron chi connectivity index (χ2n) is 7.05. The molecule has 2 aromatic rings. The van der Waals surface area contributed by atoms with Gasteiger partial charge in [-0.05, 0) is 36.6 Å². The fraction of sp³-hybridized carbons (Fsp3) is 0.500. The Morgan fingerprint density at radius 3 is 3.12 bits per heavy atom. The van der Waals surface area contributed by atoms with Crippen molar-refractivity contribution in [2.75, 3.05) is 20.2 Å². The normalized spacial score (nSPS) is 19.4. The van der Waals surface area contributed by atoms with Crippen LogP contribution in [0.25, 0.3) is 0 Å². The number of nitrogens with one attached hydrogen (secondary N) is 1. The van der Waals surface area contributed by atoms with Gasteiger partial charge in [0.05, 0.1) is 31.1 Å². The van der Waals surface area contributed by atoms with Crippen LogP contribution in [0.4, 0.5) is 0 Å². The van der Waals surface area contributed by atoms with Gasteiger partial charge in [0.25, 0.3) is 0 Å². The summed E-state index contributed by atoms with van der Waals surface area (Å²) in [6.45, 7) is 3.58. The van der Waals surface area contributed by atoms with E-state index >= 15 is 0 Å². The van der Waals surface area contributed by atoms with Crippen LogP contribution in [0.5, 0.6) is 5.75 Å². The van der Waals surface area contributed by atoms with E-state index in [9.17, 15) is 4.79 Å². The summed E-state index contributed by atoms with van der Waals surface area (Å²) >= 11 is 0. The molecule has 6 nitrogen and oxygen atoms in total. The van der Waals surface area contributed by atoms with Crippen LogP contribution in [0, 0.1) is 0 Å². The van der Waals surface area contributed by atoms with Crippen LogP contribution in [0.15, 0.2) is 30.3 Å². The molecule has 1 N–H and O–H groups in total. The van der Waals surface area contributed by atoms with E-state index in [0.717, 1.165) is 50.5 Å². The zero-order chi connectivity index (χ0) is 17.9. The summed E-state index contributed by atoms with van der Waals surface area (Å²) in [4.78, 5) is 14.9.